The highest BCUT2D eigenvalue weighted by Gasteiger charge is 2.47. The Morgan fingerprint density at radius 3 is 2.57 bits per heavy atom. The molecule has 1 saturated carbocycles. The molecule has 2 N–H and O–H groups in total. The van der Waals surface area contributed by atoms with Crippen molar-refractivity contribution in [1.82, 2.24) is 10.2 Å². The minimum atomic E-state index is -0.751. The SMILES string of the molecule is Cc1n[nH]c(=O)c2c(NC(=O)COC(=O)C3(c4ccc(Cl)cc4)CCC3)oc(C)c12. The Hall–Kier alpha value is -3.13. The van der Waals surface area contributed by atoms with Crippen molar-refractivity contribution in [3.8, 4) is 0 Å². The molecule has 4 rings (SSSR count). The minimum Gasteiger partial charge on any atom is -0.455 e. The van der Waals surface area contributed by atoms with Crippen LogP contribution in [0.3, 0.4) is 0 Å². The quantitative estimate of drug-likeness (QED) is 0.601. The molecule has 30 heavy (non-hydrogen) atoms. The number of nitrogens with one attached hydrogen (secondary N) is 2. The number of carbonyl (C=O) groups is 2. The smallest absolute Gasteiger partial charge is 0.317 e. The number of halogens is 1. The average molecular weight is 430 g/mol. The van der Waals surface area contributed by atoms with Crippen molar-refractivity contribution in [3.63, 3.8) is 0 Å². The van der Waals surface area contributed by atoms with E-state index < -0.39 is 29.5 Å². The Morgan fingerprint density at radius 2 is 1.93 bits per heavy atom. The molecule has 2 heterocycles. The van der Waals surface area contributed by atoms with Crippen molar-refractivity contribution in [2.75, 3.05) is 11.9 Å². The Morgan fingerprint density at radius 1 is 1.23 bits per heavy atom. The van der Waals surface area contributed by atoms with Crippen LogP contribution in [0.25, 0.3) is 10.8 Å². The third-order valence-corrected chi connectivity index (χ3v) is 5.83. The number of nitrogens with zero attached hydrogens (tertiary/aromatic N) is 1. The van der Waals surface area contributed by atoms with Gasteiger partial charge in [-0.3, -0.25) is 19.7 Å². The van der Waals surface area contributed by atoms with Crippen LogP contribution in [0, 0.1) is 13.8 Å². The third kappa shape index (κ3) is 3.37. The van der Waals surface area contributed by atoms with Crippen molar-refractivity contribution in [3.05, 3.63) is 56.7 Å². The Bertz CT molecular complexity index is 1190. The topological polar surface area (TPSA) is 114 Å². The normalized spacial score (nSPS) is 14.9. The molecule has 9 heteroatoms. The molecule has 0 spiro atoms. The van der Waals surface area contributed by atoms with Crippen LogP contribution in [0.15, 0.2) is 33.5 Å². The lowest BCUT2D eigenvalue weighted by molar-refractivity contribution is -0.156. The number of aromatic nitrogens is 2. The van der Waals surface area contributed by atoms with Gasteiger partial charge in [0.2, 0.25) is 5.88 Å². The standard InChI is InChI=1S/C21H20ClN3O5/c1-11-16-12(2)30-19(17(16)18(27)25-24-11)23-15(26)10-29-20(28)21(8-3-9-21)13-4-6-14(22)7-5-13/h4-7H,3,8-10H2,1-2H3,(H,23,26)(H,25,27). The molecule has 8 nitrogen and oxygen atoms in total. The molecule has 1 amide bonds. The Kier molecular flexibility index (Phi) is 5.11. The zero-order valence-electron chi connectivity index (χ0n) is 16.5. The number of hydrogen-bond donors (Lipinski definition) is 2. The van der Waals surface area contributed by atoms with Crippen molar-refractivity contribution in [2.24, 2.45) is 0 Å². The van der Waals surface area contributed by atoms with Crippen molar-refractivity contribution in [1.29, 1.82) is 0 Å². The fourth-order valence-electron chi connectivity index (χ4n) is 3.87. The summed E-state index contributed by atoms with van der Waals surface area (Å²) in [6, 6.07) is 7.08. The van der Waals surface area contributed by atoms with Crippen LogP contribution in [0.2, 0.25) is 5.02 Å². The monoisotopic (exact) mass is 429 g/mol. The lowest BCUT2D eigenvalue weighted by Crippen LogP contribution is -2.44. The molecule has 0 atom stereocenters. The van der Waals surface area contributed by atoms with E-state index in [2.05, 4.69) is 15.5 Å². The maximum absolute atomic E-state index is 12.8. The summed E-state index contributed by atoms with van der Waals surface area (Å²) in [7, 11) is 0. The predicted molar refractivity (Wildman–Crippen MR) is 111 cm³/mol. The van der Waals surface area contributed by atoms with Gasteiger partial charge in [-0.2, -0.15) is 5.10 Å². The van der Waals surface area contributed by atoms with E-state index in [4.69, 9.17) is 20.8 Å². The number of aryl methyl sites for hydroxylation is 2. The summed E-state index contributed by atoms with van der Waals surface area (Å²) in [4.78, 5) is 37.3. The van der Waals surface area contributed by atoms with E-state index in [1.54, 1.807) is 26.0 Å². The molecule has 1 aromatic carbocycles. The number of furan rings is 1. The molecular weight excluding hydrogens is 410 g/mol. The summed E-state index contributed by atoms with van der Waals surface area (Å²) >= 11 is 5.94. The molecule has 156 valence electrons. The predicted octanol–water partition coefficient (Wildman–Crippen LogP) is 3.39. The lowest BCUT2D eigenvalue weighted by atomic mass is 9.64. The number of aromatic amines is 1. The summed E-state index contributed by atoms with van der Waals surface area (Å²) < 4.78 is 10.9. The molecular formula is C21H20ClN3O5. The largest absolute Gasteiger partial charge is 0.455 e. The average Bonchev–Trinajstić information content (AvgIpc) is 3.01. The van der Waals surface area contributed by atoms with Gasteiger partial charge in [0.25, 0.3) is 11.5 Å². The Balaban J connectivity index is 1.47. The van der Waals surface area contributed by atoms with Gasteiger partial charge in [0.1, 0.15) is 11.1 Å². The fraction of sp³-hybridized carbons (Fsp3) is 0.333. The van der Waals surface area contributed by atoms with Crippen molar-refractivity contribution >= 4 is 40.1 Å². The van der Waals surface area contributed by atoms with Gasteiger partial charge in [-0.05, 0) is 44.4 Å². The number of amides is 1. The fourth-order valence-corrected chi connectivity index (χ4v) is 4.00. The van der Waals surface area contributed by atoms with E-state index in [0.717, 1.165) is 12.0 Å². The highest BCUT2D eigenvalue weighted by Crippen LogP contribution is 2.45. The second-order valence-corrected chi connectivity index (χ2v) is 7.88. The van der Waals surface area contributed by atoms with Crippen LogP contribution in [-0.2, 0) is 19.7 Å². The van der Waals surface area contributed by atoms with Crippen molar-refractivity contribution < 1.29 is 18.7 Å². The van der Waals surface area contributed by atoms with Gasteiger partial charge in [-0.15, -0.1) is 0 Å². The zero-order valence-corrected chi connectivity index (χ0v) is 17.3. The van der Waals surface area contributed by atoms with E-state index in [0.29, 0.717) is 34.7 Å². The molecule has 3 aromatic rings. The van der Waals surface area contributed by atoms with Crippen LogP contribution in [0.1, 0.15) is 36.3 Å². The van der Waals surface area contributed by atoms with Crippen LogP contribution < -0.4 is 10.9 Å². The lowest BCUT2D eigenvalue weighted by Gasteiger charge is -2.39. The summed E-state index contributed by atoms with van der Waals surface area (Å²) in [5.74, 6) is -0.584. The Labute approximate surface area is 176 Å². The molecule has 1 aliphatic carbocycles. The molecule has 0 bridgehead atoms. The van der Waals surface area contributed by atoms with E-state index in [1.807, 2.05) is 12.1 Å². The van der Waals surface area contributed by atoms with E-state index in [1.165, 1.54) is 0 Å². The number of H-pyrrole nitrogens is 1. The highest BCUT2D eigenvalue weighted by molar-refractivity contribution is 6.30. The van der Waals surface area contributed by atoms with Gasteiger partial charge in [-0.1, -0.05) is 30.2 Å². The number of rotatable bonds is 5. The number of fused-ring (bicyclic) bond motifs is 1. The van der Waals surface area contributed by atoms with Crippen LogP contribution in [0.5, 0.6) is 0 Å². The summed E-state index contributed by atoms with van der Waals surface area (Å²) in [5.41, 5.74) is 0.174. The van der Waals surface area contributed by atoms with Gasteiger partial charge in [0.15, 0.2) is 6.61 Å². The van der Waals surface area contributed by atoms with Gasteiger partial charge in [0, 0.05) is 5.02 Å². The van der Waals surface area contributed by atoms with Crippen LogP contribution in [-0.4, -0.2) is 28.7 Å². The second-order valence-electron chi connectivity index (χ2n) is 7.44. The second kappa shape index (κ2) is 7.60. The molecule has 0 radical (unpaired) electrons. The van der Waals surface area contributed by atoms with E-state index in [-0.39, 0.29) is 11.3 Å². The molecule has 2 aromatic heterocycles. The first kappa shape index (κ1) is 20.2. The number of hydrogen-bond acceptors (Lipinski definition) is 6. The van der Waals surface area contributed by atoms with E-state index >= 15 is 0 Å². The highest BCUT2D eigenvalue weighted by atomic mass is 35.5. The van der Waals surface area contributed by atoms with Gasteiger partial charge >= 0.3 is 5.97 Å². The third-order valence-electron chi connectivity index (χ3n) is 5.58. The summed E-state index contributed by atoms with van der Waals surface area (Å²) in [5, 5.41) is 10.1. The summed E-state index contributed by atoms with van der Waals surface area (Å²) in [6.07, 6.45) is 2.20. The van der Waals surface area contributed by atoms with Crippen LogP contribution >= 0.6 is 11.6 Å². The van der Waals surface area contributed by atoms with Crippen molar-refractivity contribution in [2.45, 2.75) is 38.5 Å². The molecule has 0 saturated heterocycles. The first-order valence-electron chi connectivity index (χ1n) is 9.53. The molecule has 0 unspecified atom stereocenters. The van der Waals surface area contributed by atoms with Gasteiger partial charge in [-0.25, -0.2) is 5.10 Å². The van der Waals surface area contributed by atoms with Gasteiger partial charge in [0.05, 0.1) is 16.5 Å². The first-order chi connectivity index (χ1) is 14.3. The number of ether oxygens (including phenoxy) is 1. The van der Waals surface area contributed by atoms with E-state index in [9.17, 15) is 14.4 Å². The zero-order chi connectivity index (χ0) is 21.5. The number of anilines is 1. The molecule has 1 fully saturated rings. The van der Waals surface area contributed by atoms with Crippen LogP contribution in [0.4, 0.5) is 5.88 Å². The number of benzene rings is 1. The molecule has 1 aliphatic rings. The maximum atomic E-state index is 12.8. The minimum absolute atomic E-state index is 0.00589. The summed E-state index contributed by atoms with van der Waals surface area (Å²) in [6.45, 7) is 2.92. The molecule has 0 aliphatic heterocycles. The first-order valence-corrected chi connectivity index (χ1v) is 9.91. The number of carbonyl (C=O) groups excluding carboxylic acids is 2. The number of esters is 1. The van der Waals surface area contributed by atoms with Gasteiger partial charge < -0.3 is 9.15 Å². The maximum Gasteiger partial charge on any atom is 0.317 e.